The predicted molar refractivity (Wildman–Crippen MR) is 97.0 cm³/mol. The van der Waals surface area contributed by atoms with Crippen LogP contribution in [0.1, 0.15) is 24.0 Å². The number of urea groups is 1. The monoisotopic (exact) mass is 357 g/mol. The van der Waals surface area contributed by atoms with E-state index in [0.717, 1.165) is 11.1 Å². The van der Waals surface area contributed by atoms with E-state index in [0.29, 0.717) is 18.7 Å². The number of carboxylic acids is 1. The third-order valence-electron chi connectivity index (χ3n) is 3.85. The first-order valence-corrected chi connectivity index (χ1v) is 8.36. The van der Waals surface area contributed by atoms with Crippen molar-refractivity contribution in [1.82, 2.24) is 15.6 Å². The van der Waals surface area contributed by atoms with Gasteiger partial charge in [0.05, 0.1) is 7.11 Å². The van der Waals surface area contributed by atoms with Crippen LogP contribution in [0.15, 0.2) is 48.7 Å². The minimum absolute atomic E-state index is 0.00575. The van der Waals surface area contributed by atoms with E-state index >= 15 is 0 Å². The van der Waals surface area contributed by atoms with Crippen molar-refractivity contribution in [3.63, 3.8) is 0 Å². The van der Waals surface area contributed by atoms with Gasteiger partial charge in [-0.25, -0.2) is 9.78 Å². The Morgan fingerprint density at radius 2 is 1.96 bits per heavy atom. The third-order valence-corrected chi connectivity index (χ3v) is 3.85. The molecule has 2 amide bonds. The molecule has 0 fully saturated rings. The zero-order valence-electron chi connectivity index (χ0n) is 14.6. The first-order chi connectivity index (χ1) is 12.6. The number of aromatic nitrogens is 1. The van der Waals surface area contributed by atoms with Crippen molar-refractivity contribution in [2.45, 2.75) is 31.8 Å². The zero-order chi connectivity index (χ0) is 18.8. The van der Waals surface area contributed by atoms with Gasteiger partial charge >= 0.3 is 12.0 Å². The van der Waals surface area contributed by atoms with Gasteiger partial charge in [-0.05, 0) is 24.5 Å². The number of carbonyl (C=O) groups is 2. The van der Waals surface area contributed by atoms with Crippen molar-refractivity contribution < 1.29 is 19.4 Å². The minimum atomic E-state index is -0.884. The molecule has 0 bridgehead atoms. The van der Waals surface area contributed by atoms with Crippen molar-refractivity contribution in [3.8, 4) is 5.88 Å². The van der Waals surface area contributed by atoms with Crippen LogP contribution in [-0.4, -0.2) is 35.2 Å². The SMILES string of the molecule is COc1ncccc1CNC(=O)NC(CCC(=O)O)Cc1ccccc1. The molecule has 0 radical (unpaired) electrons. The van der Waals surface area contributed by atoms with E-state index in [1.54, 1.807) is 12.3 Å². The molecule has 0 saturated carbocycles. The first kappa shape index (κ1) is 19.2. The van der Waals surface area contributed by atoms with Gasteiger partial charge < -0.3 is 20.5 Å². The average molecular weight is 357 g/mol. The van der Waals surface area contributed by atoms with Gasteiger partial charge in [-0.1, -0.05) is 36.4 Å². The quantitative estimate of drug-likeness (QED) is 0.640. The second-order valence-corrected chi connectivity index (χ2v) is 5.82. The van der Waals surface area contributed by atoms with Crippen LogP contribution in [0.5, 0.6) is 5.88 Å². The molecule has 1 unspecified atom stereocenters. The average Bonchev–Trinajstić information content (AvgIpc) is 2.65. The molecular weight excluding hydrogens is 334 g/mol. The van der Waals surface area contributed by atoms with Gasteiger partial charge in [0.2, 0.25) is 5.88 Å². The molecule has 0 saturated heterocycles. The van der Waals surface area contributed by atoms with Crippen LogP contribution in [0, 0.1) is 0 Å². The second kappa shape index (κ2) is 10.0. The lowest BCUT2D eigenvalue weighted by molar-refractivity contribution is -0.137. The highest BCUT2D eigenvalue weighted by atomic mass is 16.5. The Balaban J connectivity index is 1.93. The summed E-state index contributed by atoms with van der Waals surface area (Å²) >= 11 is 0. The molecule has 2 aromatic rings. The number of benzene rings is 1. The van der Waals surface area contributed by atoms with Crippen LogP contribution in [0.4, 0.5) is 4.79 Å². The van der Waals surface area contributed by atoms with Crippen LogP contribution in [0.3, 0.4) is 0 Å². The minimum Gasteiger partial charge on any atom is -0.481 e. The van der Waals surface area contributed by atoms with Gasteiger partial charge in [-0.3, -0.25) is 4.79 Å². The number of rotatable bonds is 9. The van der Waals surface area contributed by atoms with E-state index in [-0.39, 0.29) is 25.0 Å². The predicted octanol–water partition coefficient (Wildman–Crippen LogP) is 2.37. The van der Waals surface area contributed by atoms with Crippen LogP contribution in [-0.2, 0) is 17.8 Å². The summed E-state index contributed by atoms with van der Waals surface area (Å²) in [7, 11) is 1.52. The highest BCUT2D eigenvalue weighted by Gasteiger charge is 2.15. The largest absolute Gasteiger partial charge is 0.481 e. The summed E-state index contributed by atoms with van der Waals surface area (Å²) in [6, 6.07) is 12.6. The summed E-state index contributed by atoms with van der Waals surface area (Å²) < 4.78 is 5.15. The second-order valence-electron chi connectivity index (χ2n) is 5.82. The van der Waals surface area contributed by atoms with Crippen molar-refractivity contribution in [3.05, 3.63) is 59.8 Å². The Kier molecular flexibility index (Phi) is 7.42. The number of ether oxygens (including phenoxy) is 1. The number of carboxylic acid groups (broad SMARTS) is 1. The van der Waals surface area contributed by atoms with Crippen molar-refractivity contribution in [2.75, 3.05) is 7.11 Å². The highest BCUT2D eigenvalue weighted by molar-refractivity contribution is 5.74. The van der Waals surface area contributed by atoms with Gasteiger partial charge in [0.25, 0.3) is 0 Å². The lowest BCUT2D eigenvalue weighted by Crippen LogP contribution is -2.43. The number of amides is 2. The van der Waals surface area contributed by atoms with E-state index in [1.807, 2.05) is 36.4 Å². The number of hydrogen-bond donors (Lipinski definition) is 3. The number of nitrogens with zero attached hydrogens (tertiary/aromatic N) is 1. The van der Waals surface area contributed by atoms with Crippen LogP contribution >= 0.6 is 0 Å². The van der Waals surface area contributed by atoms with Crippen molar-refractivity contribution in [2.24, 2.45) is 0 Å². The van der Waals surface area contributed by atoms with E-state index in [1.165, 1.54) is 7.11 Å². The molecule has 26 heavy (non-hydrogen) atoms. The molecular formula is C19H23N3O4. The number of carbonyl (C=O) groups excluding carboxylic acids is 1. The molecule has 7 heteroatoms. The molecule has 2 rings (SSSR count). The molecule has 1 atom stereocenters. The summed E-state index contributed by atoms with van der Waals surface area (Å²) in [4.78, 5) is 27.2. The molecule has 7 nitrogen and oxygen atoms in total. The topological polar surface area (TPSA) is 101 Å². The molecule has 3 N–H and O–H groups in total. The number of pyridine rings is 1. The standard InChI is InChI=1S/C19H23N3O4/c1-26-18-15(8-5-11-20-18)13-21-19(25)22-16(9-10-17(23)24)12-14-6-3-2-4-7-14/h2-8,11,16H,9-10,12-13H2,1H3,(H,23,24)(H2,21,22,25). The number of methoxy groups -OCH3 is 1. The third kappa shape index (κ3) is 6.43. The number of aliphatic carboxylic acids is 1. The lowest BCUT2D eigenvalue weighted by Gasteiger charge is -2.19. The van der Waals surface area contributed by atoms with Crippen LogP contribution in [0.2, 0.25) is 0 Å². The Bertz CT molecular complexity index is 722. The maximum Gasteiger partial charge on any atom is 0.315 e. The molecule has 0 aliphatic carbocycles. The summed E-state index contributed by atoms with van der Waals surface area (Å²) in [5.41, 5.74) is 1.80. The highest BCUT2D eigenvalue weighted by Crippen LogP contribution is 2.13. The Hall–Kier alpha value is -3.09. The Labute approximate surface area is 152 Å². The molecule has 0 aliphatic rings. The Morgan fingerprint density at radius 1 is 1.19 bits per heavy atom. The summed E-state index contributed by atoms with van der Waals surface area (Å²) in [5.74, 6) is -0.426. The zero-order valence-corrected chi connectivity index (χ0v) is 14.6. The fraction of sp³-hybridized carbons (Fsp3) is 0.316. The molecule has 1 aromatic carbocycles. The van der Waals surface area contributed by atoms with E-state index in [9.17, 15) is 9.59 Å². The number of hydrogen-bond acceptors (Lipinski definition) is 4. The summed E-state index contributed by atoms with van der Waals surface area (Å²) in [6.45, 7) is 0.264. The first-order valence-electron chi connectivity index (χ1n) is 8.36. The summed E-state index contributed by atoms with van der Waals surface area (Å²) in [6.07, 6.45) is 2.53. The fourth-order valence-corrected chi connectivity index (χ4v) is 2.58. The maximum absolute atomic E-state index is 12.2. The van der Waals surface area contributed by atoms with Crippen LogP contribution in [0.25, 0.3) is 0 Å². The Morgan fingerprint density at radius 3 is 2.65 bits per heavy atom. The van der Waals surface area contributed by atoms with Gasteiger partial charge in [0, 0.05) is 30.8 Å². The van der Waals surface area contributed by atoms with Gasteiger partial charge in [-0.2, -0.15) is 0 Å². The smallest absolute Gasteiger partial charge is 0.315 e. The van der Waals surface area contributed by atoms with Crippen molar-refractivity contribution in [1.29, 1.82) is 0 Å². The van der Waals surface area contributed by atoms with Gasteiger partial charge in [0.1, 0.15) is 0 Å². The van der Waals surface area contributed by atoms with E-state index < -0.39 is 5.97 Å². The molecule has 0 spiro atoms. The van der Waals surface area contributed by atoms with Gasteiger partial charge in [-0.15, -0.1) is 0 Å². The van der Waals surface area contributed by atoms with Crippen LogP contribution < -0.4 is 15.4 Å². The molecule has 0 aliphatic heterocycles. The van der Waals surface area contributed by atoms with Crippen molar-refractivity contribution >= 4 is 12.0 Å². The van der Waals surface area contributed by atoms with Gasteiger partial charge in [0.15, 0.2) is 0 Å². The van der Waals surface area contributed by atoms with E-state index in [4.69, 9.17) is 9.84 Å². The summed E-state index contributed by atoms with van der Waals surface area (Å²) in [5, 5.41) is 14.5. The normalized spacial score (nSPS) is 11.4. The molecule has 1 heterocycles. The fourth-order valence-electron chi connectivity index (χ4n) is 2.58. The van der Waals surface area contributed by atoms with E-state index in [2.05, 4.69) is 15.6 Å². The molecule has 1 aromatic heterocycles. The molecule has 138 valence electrons. The number of nitrogens with one attached hydrogen (secondary N) is 2. The lowest BCUT2D eigenvalue weighted by atomic mass is 10.0. The maximum atomic E-state index is 12.2.